The normalized spacial score (nSPS) is 11.0. The third kappa shape index (κ3) is 4.94. The maximum atomic E-state index is 12.1. The highest BCUT2D eigenvalue weighted by atomic mass is 16.4. The minimum atomic E-state index is -1.18. The Bertz CT molecular complexity index is 748. The van der Waals surface area contributed by atoms with Crippen molar-refractivity contribution in [2.75, 3.05) is 18.0 Å². The molecule has 2 N–H and O–H groups in total. The van der Waals surface area contributed by atoms with Crippen molar-refractivity contribution in [3.63, 3.8) is 0 Å². The zero-order valence-electron chi connectivity index (χ0n) is 14.4. The SMILES string of the molecule is CCN(CC)c1ccc(/C=C(/NC(=O)c2ccccc2)C(=O)O)cc1. The molecular weight excluding hydrogens is 316 g/mol. The second-order valence-corrected chi connectivity index (χ2v) is 5.45. The summed E-state index contributed by atoms with van der Waals surface area (Å²) >= 11 is 0. The maximum absolute atomic E-state index is 12.1. The molecule has 2 rings (SSSR count). The van der Waals surface area contributed by atoms with E-state index in [9.17, 15) is 14.7 Å². The number of hydrogen-bond acceptors (Lipinski definition) is 3. The number of benzene rings is 2. The Hall–Kier alpha value is -3.08. The zero-order valence-corrected chi connectivity index (χ0v) is 14.4. The second-order valence-electron chi connectivity index (χ2n) is 5.45. The quantitative estimate of drug-likeness (QED) is 0.759. The van der Waals surface area contributed by atoms with Crippen molar-refractivity contribution in [2.24, 2.45) is 0 Å². The van der Waals surface area contributed by atoms with Gasteiger partial charge in [0.05, 0.1) is 0 Å². The Morgan fingerprint density at radius 3 is 2.12 bits per heavy atom. The molecule has 5 heteroatoms. The lowest BCUT2D eigenvalue weighted by Crippen LogP contribution is -2.27. The van der Waals surface area contributed by atoms with Crippen molar-refractivity contribution in [1.82, 2.24) is 5.32 Å². The van der Waals surface area contributed by atoms with E-state index in [4.69, 9.17) is 0 Å². The average molecular weight is 338 g/mol. The first-order valence-electron chi connectivity index (χ1n) is 8.21. The molecule has 0 aliphatic rings. The number of nitrogens with one attached hydrogen (secondary N) is 1. The van der Waals surface area contributed by atoms with Crippen LogP contribution in [0.3, 0.4) is 0 Å². The molecule has 0 aliphatic heterocycles. The fraction of sp³-hybridized carbons (Fsp3) is 0.200. The van der Waals surface area contributed by atoms with Gasteiger partial charge in [0.25, 0.3) is 5.91 Å². The number of carboxylic acid groups (broad SMARTS) is 1. The van der Waals surface area contributed by atoms with Gasteiger partial charge in [-0.15, -0.1) is 0 Å². The largest absolute Gasteiger partial charge is 0.477 e. The van der Waals surface area contributed by atoms with Crippen molar-refractivity contribution >= 4 is 23.6 Å². The summed E-state index contributed by atoms with van der Waals surface area (Å²) in [4.78, 5) is 25.8. The van der Waals surface area contributed by atoms with Crippen LogP contribution in [0, 0.1) is 0 Å². The van der Waals surface area contributed by atoms with Gasteiger partial charge in [0.15, 0.2) is 0 Å². The fourth-order valence-corrected chi connectivity index (χ4v) is 2.47. The van der Waals surface area contributed by atoms with Crippen LogP contribution in [-0.4, -0.2) is 30.1 Å². The van der Waals surface area contributed by atoms with Crippen molar-refractivity contribution in [2.45, 2.75) is 13.8 Å². The first kappa shape index (κ1) is 18.3. The summed E-state index contributed by atoms with van der Waals surface area (Å²) in [6.07, 6.45) is 1.45. The Balaban J connectivity index is 2.19. The van der Waals surface area contributed by atoms with E-state index in [2.05, 4.69) is 24.1 Å². The van der Waals surface area contributed by atoms with Crippen LogP contribution in [0.25, 0.3) is 6.08 Å². The molecule has 0 saturated heterocycles. The summed E-state index contributed by atoms with van der Waals surface area (Å²) in [5, 5.41) is 11.8. The minimum Gasteiger partial charge on any atom is -0.477 e. The lowest BCUT2D eigenvalue weighted by Gasteiger charge is -2.20. The first-order chi connectivity index (χ1) is 12.0. The molecule has 2 aromatic carbocycles. The van der Waals surface area contributed by atoms with Gasteiger partial charge in [0, 0.05) is 24.3 Å². The van der Waals surface area contributed by atoms with E-state index in [1.165, 1.54) is 6.08 Å². The molecule has 5 nitrogen and oxygen atoms in total. The van der Waals surface area contributed by atoms with E-state index in [0.29, 0.717) is 11.1 Å². The van der Waals surface area contributed by atoms with E-state index in [1.54, 1.807) is 30.3 Å². The van der Waals surface area contributed by atoms with Gasteiger partial charge in [0.2, 0.25) is 0 Å². The van der Waals surface area contributed by atoms with E-state index >= 15 is 0 Å². The zero-order chi connectivity index (χ0) is 18.2. The summed E-state index contributed by atoms with van der Waals surface area (Å²) in [5.41, 5.74) is 2.03. The Morgan fingerprint density at radius 1 is 1.00 bits per heavy atom. The van der Waals surface area contributed by atoms with Crippen LogP contribution in [0.5, 0.6) is 0 Å². The second kappa shape index (κ2) is 8.68. The van der Waals surface area contributed by atoms with Gasteiger partial charge in [-0.25, -0.2) is 4.79 Å². The lowest BCUT2D eigenvalue weighted by molar-refractivity contribution is -0.132. The molecule has 0 saturated carbocycles. The maximum Gasteiger partial charge on any atom is 0.352 e. The Labute approximate surface area is 147 Å². The predicted octanol–water partition coefficient (Wildman–Crippen LogP) is 3.39. The van der Waals surface area contributed by atoms with Gasteiger partial charge in [-0.2, -0.15) is 0 Å². The molecule has 25 heavy (non-hydrogen) atoms. The smallest absolute Gasteiger partial charge is 0.352 e. The third-order valence-corrected chi connectivity index (χ3v) is 3.85. The van der Waals surface area contributed by atoms with Gasteiger partial charge >= 0.3 is 5.97 Å². The number of carbonyl (C=O) groups is 2. The van der Waals surface area contributed by atoms with Crippen LogP contribution in [-0.2, 0) is 4.79 Å². The molecular formula is C20H22N2O3. The van der Waals surface area contributed by atoms with Crippen molar-refractivity contribution in [3.8, 4) is 0 Å². The molecule has 0 atom stereocenters. The molecule has 0 spiro atoms. The molecule has 0 bridgehead atoms. The lowest BCUT2D eigenvalue weighted by atomic mass is 10.1. The van der Waals surface area contributed by atoms with Crippen LogP contribution in [0.4, 0.5) is 5.69 Å². The van der Waals surface area contributed by atoms with Crippen LogP contribution in [0.15, 0.2) is 60.3 Å². The van der Waals surface area contributed by atoms with E-state index in [-0.39, 0.29) is 5.70 Å². The summed E-state index contributed by atoms with van der Waals surface area (Å²) in [6.45, 7) is 5.97. The number of aliphatic carboxylic acids is 1. The average Bonchev–Trinajstić information content (AvgIpc) is 2.64. The predicted molar refractivity (Wildman–Crippen MR) is 99.5 cm³/mol. The topological polar surface area (TPSA) is 69.6 Å². The molecule has 0 aromatic heterocycles. The Morgan fingerprint density at radius 2 is 1.60 bits per heavy atom. The number of carbonyl (C=O) groups excluding carboxylic acids is 1. The van der Waals surface area contributed by atoms with Crippen molar-refractivity contribution in [1.29, 1.82) is 0 Å². The van der Waals surface area contributed by atoms with Gasteiger partial charge in [0.1, 0.15) is 5.70 Å². The molecule has 0 radical (unpaired) electrons. The summed E-state index contributed by atoms with van der Waals surface area (Å²) in [5.74, 6) is -1.63. The molecule has 0 heterocycles. The Kier molecular flexibility index (Phi) is 6.34. The standard InChI is InChI=1S/C20H22N2O3/c1-3-22(4-2)17-12-10-15(11-13-17)14-18(20(24)25)21-19(23)16-8-6-5-7-9-16/h5-14H,3-4H2,1-2H3,(H,21,23)(H,24,25)/b18-14+. The molecule has 0 aliphatic carbocycles. The molecule has 2 aromatic rings. The molecule has 1 amide bonds. The highest BCUT2D eigenvalue weighted by Crippen LogP contribution is 2.16. The third-order valence-electron chi connectivity index (χ3n) is 3.85. The van der Waals surface area contributed by atoms with Crippen LogP contribution in [0.1, 0.15) is 29.8 Å². The highest BCUT2D eigenvalue weighted by molar-refractivity contribution is 6.02. The van der Waals surface area contributed by atoms with Crippen molar-refractivity contribution < 1.29 is 14.7 Å². The molecule has 130 valence electrons. The summed E-state index contributed by atoms with van der Waals surface area (Å²) < 4.78 is 0. The number of anilines is 1. The highest BCUT2D eigenvalue weighted by Gasteiger charge is 2.13. The summed E-state index contributed by atoms with van der Waals surface area (Å²) in [6, 6.07) is 16.1. The van der Waals surface area contributed by atoms with Crippen LogP contribution < -0.4 is 10.2 Å². The van der Waals surface area contributed by atoms with Gasteiger partial charge < -0.3 is 15.3 Å². The molecule has 0 unspecified atom stereocenters. The van der Waals surface area contributed by atoms with Gasteiger partial charge in [-0.3, -0.25) is 4.79 Å². The number of nitrogens with zero attached hydrogens (tertiary/aromatic N) is 1. The summed E-state index contributed by atoms with van der Waals surface area (Å²) in [7, 11) is 0. The fourth-order valence-electron chi connectivity index (χ4n) is 2.47. The van der Waals surface area contributed by atoms with E-state index in [0.717, 1.165) is 18.8 Å². The van der Waals surface area contributed by atoms with E-state index < -0.39 is 11.9 Å². The van der Waals surface area contributed by atoms with Crippen LogP contribution >= 0.6 is 0 Å². The number of carboxylic acids is 1. The first-order valence-corrected chi connectivity index (χ1v) is 8.21. The number of hydrogen-bond donors (Lipinski definition) is 2. The monoisotopic (exact) mass is 338 g/mol. The van der Waals surface area contributed by atoms with Crippen LogP contribution in [0.2, 0.25) is 0 Å². The van der Waals surface area contributed by atoms with Gasteiger partial charge in [-0.05, 0) is 49.8 Å². The van der Waals surface area contributed by atoms with E-state index in [1.807, 2.05) is 24.3 Å². The number of rotatable bonds is 7. The molecule has 0 fully saturated rings. The van der Waals surface area contributed by atoms with Crippen molar-refractivity contribution in [3.05, 3.63) is 71.4 Å². The number of amides is 1. The van der Waals surface area contributed by atoms with Gasteiger partial charge in [-0.1, -0.05) is 30.3 Å². The minimum absolute atomic E-state index is 0.163.